The number of hydrogen-bond donors (Lipinski definition) is 1. The smallest absolute Gasteiger partial charge is 0.323 e. The van der Waals surface area contributed by atoms with Crippen molar-refractivity contribution in [3.05, 3.63) is 30.5 Å². The molecule has 3 heterocycles. The first-order chi connectivity index (χ1) is 12.2. The third kappa shape index (κ3) is 4.39. The molecule has 0 atom stereocenters. The highest BCUT2D eigenvalue weighted by Gasteiger charge is 2.20. The average Bonchev–Trinajstić information content (AvgIpc) is 3.19. The number of amides is 2. The number of urea groups is 1. The molecule has 2 amide bonds. The van der Waals surface area contributed by atoms with Crippen molar-refractivity contribution in [2.24, 2.45) is 0 Å². The first kappa shape index (κ1) is 17.5. The Morgan fingerprint density at radius 1 is 1.16 bits per heavy atom. The Labute approximate surface area is 148 Å². The second-order valence-electron chi connectivity index (χ2n) is 6.23. The molecule has 1 aliphatic heterocycles. The monoisotopic (exact) mass is 345 g/mol. The molecule has 2 aromatic heterocycles. The molecule has 25 heavy (non-hydrogen) atoms. The molecule has 0 saturated carbocycles. The van der Waals surface area contributed by atoms with Crippen LogP contribution in [0.25, 0.3) is 0 Å². The first-order valence-corrected chi connectivity index (χ1v) is 9.01. The maximum Gasteiger partial charge on any atom is 0.323 e. The summed E-state index contributed by atoms with van der Waals surface area (Å²) in [4.78, 5) is 21.2. The molecular formula is C17H27N7O. The molecule has 8 heteroatoms. The van der Waals surface area contributed by atoms with Gasteiger partial charge in [-0.25, -0.2) is 9.78 Å². The fraction of sp³-hybridized carbons (Fsp3) is 0.588. The minimum atomic E-state index is -0.0711. The summed E-state index contributed by atoms with van der Waals surface area (Å²) in [5, 5.41) is 7.20. The zero-order valence-corrected chi connectivity index (χ0v) is 15.1. The third-order valence-electron chi connectivity index (χ3n) is 4.58. The lowest BCUT2D eigenvalue weighted by Gasteiger charge is -2.22. The van der Waals surface area contributed by atoms with Gasteiger partial charge in [0.05, 0.1) is 6.54 Å². The first-order valence-electron chi connectivity index (χ1n) is 9.01. The van der Waals surface area contributed by atoms with Gasteiger partial charge in [0.2, 0.25) is 0 Å². The van der Waals surface area contributed by atoms with Gasteiger partial charge in [-0.15, -0.1) is 0 Å². The second-order valence-corrected chi connectivity index (χ2v) is 6.23. The normalized spacial score (nSPS) is 16.0. The number of aryl methyl sites for hydroxylation is 2. The molecule has 0 bridgehead atoms. The van der Waals surface area contributed by atoms with Crippen LogP contribution in [0, 0.1) is 0 Å². The minimum Gasteiger partial charge on any atom is -0.334 e. The van der Waals surface area contributed by atoms with Crippen LogP contribution < -0.4 is 5.32 Å². The van der Waals surface area contributed by atoms with Crippen molar-refractivity contribution in [3.63, 3.8) is 0 Å². The van der Waals surface area contributed by atoms with E-state index in [0.717, 1.165) is 51.5 Å². The number of nitrogens with one attached hydrogen (secondary N) is 1. The van der Waals surface area contributed by atoms with E-state index in [2.05, 4.69) is 31.8 Å². The van der Waals surface area contributed by atoms with E-state index in [4.69, 9.17) is 0 Å². The van der Waals surface area contributed by atoms with Gasteiger partial charge in [0, 0.05) is 63.9 Å². The Hall–Kier alpha value is -2.35. The molecule has 2 aromatic rings. The van der Waals surface area contributed by atoms with Crippen LogP contribution in [0.4, 0.5) is 10.6 Å². The van der Waals surface area contributed by atoms with Crippen LogP contribution in [0.3, 0.4) is 0 Å². The van der Waals surface area contributed by atoms with Crippen LogP contribution in [-0.4, -0.2) is 61.3 Å². The second kappa shape index (κ2) is 8.15. The predicted molar refractivity (Wildman–Crippen MR) is 96.3 cm³/mol. The zero-order chi connectivity index (χ0) is 17.6. The predicted octanol–water partition coefficient (Wildman–Crippen LogP) is 1.86. The number of nitrogens with zero attached hydrogens (tertiary/aromatic N) is 6. The van der Waals surface area contributed by atoms with Gasteiger partial charge < -0.3 is 9.47 Å². The number of hydrogen-bond acceptors (Lipinski definition) is 4. The van der Waals surface area contributed by atoms with E-state index in [-0.39, 0.29) is 6.03 Å². The minimum absolute atomic E-state index is 0.0711. The molecule has 1 aliphatic rings. The molecule has 1 fully saturated rings. The van der Waals surface area contributed by atoms with Crippen molar-refractivity contribution < 1.29 is 4.79 Å². The summed E-state index contributed by atoms with van der Waals surface area (Å²) >= 11 is 0. The lowest BCUT2D eigenvalue weighted by atomic mass is 10.4. The number of anilines is 1. The van der Waals surface area contributed by atoms with Gasteiger partial charge in [0.1, 0.15) is 5.82 Å². The Bertz CT molecular complexity index is 693. The molecule has 0 aliphatic carbocycles. The Kier molecular flexibility index (Phi) is 5.70. The fourth-order valence-electron chi connectivity index (χ4n) is 3.10. The van der Waals surface area contributed by atoms with Gasteiger partial charge in [-0.05, 0) is 20.3 Å². The summed E-state index contributed by atoms with van der Waals surface area (Å²) in [6.45, 7) is 10.0. The largest absolute Gasteiger partial charge is 0.334 e. The van der Waals surface area contributed by atoms with E-state index in [1.165, 1.54) is 0 Å². The quantitative estimate of drug-likeness (QED) is 0.898. The van der Waals surface area contributed by atoms with Crippen LogP contribution in [0.2, 0.25) is 0 Å². The molecular weight excluding hydrogens is 318 g/mol. The van der Waals surface area contributed by atoms with Gasteiger partial charge in [0.25, 0.3) is 0 Å². The van der Waals surface area contributed by atoms with Crippen LogP contribution in [-0.2, 0) is 19.6 Å². The number of imidazole rings is 1. The van der Waals surface area contributed by atoms with E-state index in [1.54, 1.807) is 4.68 Å². The van der Waals surface area contributed by atoms with Crippen LogP contribution in [0.5, 0.6) is 0 Å². The molecule has 1 saturated heterocycles. The number of carbonyl (C=O) groups excluding carboxylic acids is 1. The van der Waals surface area contributed by atoms with Crippen molar-refractivity contribution in [2.75, 3.05) is 31.5 Å². The molecule has 1 N–H and O–H groups in total. The fourth-order valence-corrected chi connectivity index (χ4v) is 3.10. The van der Waals surface area contributed by atoms with E-state index in [1.807, 2.05) is 36.5 Å². The summed E-state index contributed by atoms with van der Waals surface area (Å²) in [6.07, 6.45) is 6.70. The maximum absolute atomic E-state index is 12.5. The van der Waals surface area contributed by atoms with Gasteiger partial charge in [-0.3, -0.25) is 14.9 Å². The summed E-state index contributed by atoms with van der Waals surface area (Å²) in [7, 11) is 0. The van der Waals surface area contributed by atoms with E-state index in [9.17, 15) is 4.79 Å². The van der Waals surface area contributed by atoms with Crippen LogP contribution in [0.15, 0.2) is 24.7 Å². The topological polar surface area (TPSA) is 71.2 Å². The lowest BCUT2D eigenvalue weighted by molar-refractivity contribution is 0.210. The highest BCUT2D eigenvalue weighted by Crippen LogP contribution is 2.10. The Balaban J connectivity index is 1.53. The molecule has 8 nitrogen and oxygen atoms in total. The third-order valence-corrected chi connectivity index (χ3v) is 4.58. The molecule has 136 valence electrons. The van der Waals surface area contributed by atoms with Crippen molar-refractivity contribution in [2.45, 2.75) is 39.9 Å². The summed E-state index contributed by atoms with van der Waals surface area (Å²) in [5.74, 6) is 1.70. The Morgan fingerprint density at radius 3 is 2.80 bits per heavy atom. The summed E-state index contributed by atoms with van der Waals surface area (Å²) < 4.78 is 3.97. The maximum atomic E-state index is 12.5. The van der Waals surface area contributed by atoms with E-state index < -0.39 is 0 Å². The van der Waals surface area contributed by atoms with Gasteiger partial charge in [-0.1, -0.05) is 0 Å². The van der Waals surface area contributed by atoms with Crippen molar-refractivity contribution >= 4 is 11.8 Å². The SMILES string of the molecule is CCn1ccc(NC(=O)N2CCCN(Cc3nccn3CC)CC2)n1. The summed E-state index contributed by atoms with van der Waals surface area (Å²) in [6, 6.07) is 1.76. The van der Waals surface area contributed by atoms with Gasteiger partial charge in [0.15, 0.2) is 5.82 Å². The number of aromatic nitrogens is 4. The van der Waals surface area contributed by atoms with Crippen LogP contribution in [0.1, 0.15) is 26.1 Å². The van der Waals surface area contributed by atoms with E-state index >= 15 is 0 Å². The van der Waals surface area contributed by atoms with Gasteiger partial charge >= 0.3 is 6.03 Å². The average molecular weight is 345 g/mol. The van der Waals surface area contributed by atoms with Crippen LogP contribution >= 0.6 is 0 Å². The molecule has 0 aromatic carbocycles. The highest BCUT2D eigenvalue weighted by atomic mass is 16.2. The number of rotatable bonds is 5. The van der Waals surface area contributed by atoms with Crippen molar-refractivity contribution in [3.8, 4) is 0 Å². The standard InChI is InChI=1S/C17H27N7O/c1-3-22-11-7-18-16(22)14-21-8-5-9-23(13-12-21)17(25)19-15-6-10-24(4-2)20-15/h6-7,10-11H,3-5,8-9,12-14H2,1-2H3,(H,19,20,25). The Morgan fingerprint density at radius 2 is 2.04 bits per heavy atom. The van der Waals surface area contributed by atoms with E-state index in [0.29, 0.717) is 12.4 Å². The highest BCUT2D eigenvalue weighted by molar-refractivity contribution is 5.88. The van der Waals surface area contributed by atoms with Crippen molar-refractivity contribution in [1.29, 1.82) is 0 Å². The molecule has 0 unspecified atom stereocenters. The molecule has 3 rings (SSSR count). The molecule has 0 spiro atoms. The lowest BCUT2D eigenvalue weighted by Crippen LogP contribution is -2.38. The number of carbonyl (C=O) groups is 1. The summed E-state index contributed by atoms with van der Waals surface area (Å²) in [5.41, 5.74) is 0. The molecule has 0 radical (unpaired) electrons. The zero-order valence-electron chi connectivity index (χ0n) is 15.1. The van der Waals surface area contributed by atoms with Crippen molar-refractivity contribution in [1.82, 2.24) is 29.1 Å². The van der Waals surface area contributed by atoms with Gasteiger partial charge in [-0.2, -0.15) is 5.10 Å².